The number of carbonyl (C=O) groups excluding carboxylic acids is 1. The van der Waals surface area contributed by atoms with E-state index in [0.29, 0.717) is 13.2 Å². The molecule has 1 heterocycles. The topological polar surface area (TPSA) is 75.6 Å². The van der Waals surface area contributed by atoms with Gasteiger partial charge < -0.3 is 15.2 Å². The molecule has 2 atom stereocenters. The first kappa shape index (κ1) is 15.3. The summed E-state index contributed by atoms with van der Waals surface area (Å²) in [4.78, 5) is 23.3. The van der Waals surface area contributed by atoms with Gasteiger partial charge in [0.2, 0.25) is 5.91 Å². The van der Waals surface area contributed by atoms with E-state index in [1.165, 1.54) is 6.42 Å². The summed E-state index contributed by atoms with van der Waals surface area (Å²) in [6.45, 7) is 3.05. The molecule has 0 aromatic carbocycles. The molecule has 2 rings (SSSR count). The maximum Gasteiger partial charge on any atom is 0.303 e. The Morgan fingerprint density at radius 1 is 1.30 bits per heavy atom. The van der Waals surface area contributed by atoms with E-state index in [-0.39, 0.29) is 29.8 Å². The van der Waals surface area contributed by atoms with E-state index in [1.807, 2.05) is 6.92 Å². The second-order valence-electron chi connectivity index (χ2n) is 6.32. The summed E-state index contributed by atoms with van der Waals surface area (Å²) in [7, 11) is 0. The van der Waals surface area contributed by atoms with Crippen LogP contribution < -0.4 is 5.32 Å². The molecule has 0 spiro atoms. The van der Waals surface area contributed by atoms with Crippen LogP contribution >= 0.6 is 0 Å². The Kier molecular flexibility index (Phi) is 5.02. The van der Waals surface area contributed by atoms with Crippen molar-refractivity contribution in [1.82, 2.24) is 5.32 Å². The Hall–Kier alpha value is -1.10. The molecule has 1 amide bonds. The van der Waals surface area contributed by atoms with Gasteiger partial charge in [0, 0.05) is 13.2 Å². The third-order valence-electron chi connectivity index (χ3n) is 4.79. The largest absolute Gasteiger partial charge is 0.481 e. The standard InChI is InChI=1S/C15H25NO4/c1-11-12(5-8-20-11)14(19)16-10-15(9-13(17)18)6-3-2-4-7-15/h11-12H,2-10H2,1H3,(H,16,19)(H,17,18). The summed E-state index contributed by atoms with van der Waals surface area (Å²) in [5, 5.41) is 12.1. The number of carboxylic acid groups (broad SMARTS) is 1. The average Bonchev–Trinajstić information content (AvgIpc) is 2.83. The van der Waals surface area contributed by atoms with Crippen molar-refractivity contribution in [3.05, 3.63) is 0 Å². The van der Waals surface area contributed by atoms with Crippen molar-refractivity contribution in [2.45, 2.75) is 58.0 Å². The number of hydrogen-bond donors (Lipinski definition) is 2. The molecule has 0 radical (unpaired) electrons. The van der Waals surface area contributed by atoms with Crippen LogP contribution in [0.2, 0.25) is 0 Å². The second-order valence-corrected chi connectivity index (χ2v) is 6.32. The maximum absolute atomic E-state index is 12.2. The van der Waals surface area contributed by atoms with Gasteiger partial charge >= 0.3 is 5.97 Å². The first-order valence-corrected chi connectivity index (χ1v) is 7.64. The summed E-state index contributed by atoms with van der Waals surface area (Å²) in [5.41, 5.74) is -0.248. The normalized spacial score (nSPS) is 29.1. The third-order valence-corrected chi connectivity index (χ3v) is 4.79. The highest BCUT2D eigenvalue weighted by molar-refractivity contribution is 5.79. The summed E-state index contributed by atoms with van der Waals surface area (Å²) in [5.74, 6) is -0.829. The molecule has 2 unspecified atom stereocenters. The van der Waals surface area contributed by atoms with Gasteiger partial charge in [-0.15, -0.1) is 0 Å². The summed E-state index contributed by atoms with van der Waals surface area (Å²) >= 11 is 0. The quantitative estimate of drug-likeness (QED) is 0.808. The number of nitrogens with one attached hydrogen (secondary N) is 1. The Balaban J connectivity index is 1.91. The molecule has 2 fully saturated rings. The number of amides is 1. The Morgan fingerprint density at radius 2 is 2.00 bits per heavy atom. The predicted molar refractivity (Wildman–Crippen MR) is 74.3 cm³/mol. The van der Waals surface area contributed by atoms with Crippen molar-refractivity contribution >= 4 is 11.9 Å². The van der Waals surface area contributed by atoms with Gasteiger partial charge in [-0.05, 0) is 31.6 Å². The predicted octanol–water partition coefficient (Wildman–Crippen LogP) is 1.95. The van der Waals surface area contributed by atoms with E-state index in [4.69, 9.17) is 9.84 Å². The van der Waals surface area contributed by atoms with Crippen molar-refractivity contribution in [2.75, 3.05) is 13.2 Å². The Labute approximate surface area is 120 Å². The van der Waals surface area contributed by atoms with Gasteiger partial charge in [0.25, 0.3) is 0 Å². The molecule has 0 bridgehead atoms. The van der Waals surface area contributed by atoms with E-state index in [1.54, 1.807) is 0 Å². The molecule has 5 nitrogen and oxygen atoms in total. The summed E-state index contributed by atoms with van der Waals surface area (Å²) in [6.07, 6.45) is 5.98. The van der Waals surface area contributed by atoms with Crippen LogP contribution in [0.5, 0.6) is 0 Å². The summed E-state index contributed by atoms with van der Waals surface area (Å²) in [6, 6.07) is 0. The van der Waals surface area contributed by atoms with Crippen LogP contribution in [0, 0.1) is 11.3 Å². The van der Waals surface area contributed by atoms with Gasteiger partial charge in [-0.1, -0.05) is 19.3 Å². The summed E-state index contributed by atoms with van der Waals surface area (Å²) < 4.78 is 5.41. The minimum absolute atomic E-state index is 0.0188. The van der Waals surface area contributed by atoms with E-state index in [0.717, 1.165) is 32.1 Å². The van der Waals surface area contributed by atoms with Crippen molar-refractivity contribution in [3.63, 3.8) is 0 Å². The first-order valence-electron chi connectivity index (χ1n) is 7.64. The SMILES string of the molecule is CC1OCCC1C(=O)NCC1(CC(=O)O)CCCCC1. The Bertz CT molecular complexity index is 363. The third kappa shape index (κ3) is 3.72. The van der Waals surface area contributed by atoms with E-state index in [9.17, 15) is 9.59 Å². The molecular formula is C15H25NO4. The minimum Gasteiger partial charge on any atom is -0.481 e. The lowest BCUT2D eigenvalue weighted by Crippen LogP contribution is -2.43. The van der Waals surface area contributed by atoms with Crippen LogP contribution in [0.25, 0.3) is 0 Å². The highest BCUT2D eigenvalue weighted by Gasteiger charge is 2.36. The first-order chi connectivity index (χ1) is 9.52. The fraction of sp³-hybridized carbons (Fsp3) is 0.867. The van der Waals surface area contributed by atoms with Crippen molar-refractivity contribution < 1.29 is 19.4 Å². The maximum atomic E-state index is 12.2. The molecule has 0 aromatic heterocycles. The van der Waals surface area contributed by atoms with Crippen molar-refractivity contribution in [1.29, 1.82) is 0 Å². The Morgan fingerprint density at radius 3 is 2.55 bits per heavy atom. The second kappa shape index (κ2) is 6.57. The smallest absolute Gasteiger partial charge is 0.303 e. The molecule has 1 aliphatic heterocycles. The zero-order valence-corrected chi connectivity index (χ0v) is 12.2. The van der Waals surface area contributed by atoms with E-state index >= 15 is 0 Å². The highest BCUT2D eigenvalue weighted by Crippen LogP contribution is 2.39. The number of carboxylic acids is 1. The van der Waals surface area contributed by atoms with Gasteiger partial charge in [-0.3, -0.25) is 9.59 Å². The van der Waals surface area contributed by atoms with Crippen molar-refractivity contribution in [2.24, 2.45) is 11.3 Å². The molecule has 1 saturated heterocycles. The number of hydrogen-bond acceptors (Lipinski definition) is 3. The fourth-order valence-electron chi connectivity index (χ4n) is 3.52. The number of rotatable bonds is 5. The number of aliphatic carboxylic acids is 1. The monoisotopic (exact) mass is 283 g/mol. The highest BCUT2D eigenvalue weighted by atomic mass is 16.5. The zero-order chi connectivity index (χ0) is 14.6. The van der Waals surface area contributed by atoms with Gasteiger partial charge in [-0.2, -0.15) is 0 Å². The van der Waals surface area contributed by atoms with Gasteiger partial charge in [0.15, 0.2) is 0 Å². The average molecular weight is 283 g/mol. The lowest BCUT2D eigenvalue weighted by atomic mass is 9.71. The van der Waals surface area contributed by atoms with Crippen LogP contribution in [-0.2, 0) is 14.3 Å². The van der Waals surface area contributed by atoms with Crippen LogP contribution in [0.4, 0.5) is 0 Å². The number of carbonyl (C=O) groups is 2. The zero-order valence-electron chi connectivity index (χ0n) is 12.2. The molecule has 2 aliphatic rings. The van der Waals surface area contributed by atoms with Crippen LogP contribution in [0.3, 0.4) is 0 Å². The van der Waals surface area contributed by atoms with Crippen LogP contribution in [0.1, 0.15) is 51.9 Å². The molecule has 114 valence electrons. The molecular weight excluding hydrogens is 258 g/mol. The molecule has 20 heavy (non-hydrogen) atoms. The fourth-order valence-corrected chi connectivity index (χ4v) is 3.52. The number of ether oxygens (including phenoxy) is 1. The van der Waals surface area contributed by atoms with E-state index in [2.05, 4.69) is 5.32 Å². The molecule has 1 saturated carbocycles. The molecule has 0 aromatic rings. The molecule has 5 heteroatoms. The van der Waals surface area contributed by atoms with Gasteiger partial charge in [0.05, 0.1) is 18.4 Å². The van der Waals surface area contributed by atoms with Crippen LogP contribution in [-0.4, -0.2) is 36.2 Å². The lowest BCUT2D eigenvalue weighted by Gasteiger charge is -2.36. The van der Waals surface area contributed by atoms with E-state index < -0.39 is 5.97 Å². The lowest BCUT2D eigenvalue weighted by molar-refractivity contribution is -0.141. The van der Waals surface area contributed by atoms with Crippen molar-refractivity contribution in [3.8, 4) is 0 Å². The molecule has 1 aliphatic carbocycles. The van der Waals surface area contributed by atoms with Gasteiger partial charge in [-0.25, -0.2) is 0 Å². The minimum atomic E-state index is -0.765. The van der Waals surface area contributed by atoms with Gasteiger partial charge in [0.1, 0.15) is 0 Å². The van der Waals surface area contributed by atoms with Crippen LogP contribution in [0.15, 0.2) is 0 Å². The molecule has 2 N–H and O–H groups in total.